The molecular formula is C19H23ClN2O2. The van der Waals surface area contributed by atoms with Crippen molar-refractivity contribution < 1.29 is 9.52 Å². The predicted octanol–water partition coefficient (Wildman–Crippen LogP) is 3.24. The molecule has 0 radical (unpaired) electrons. The lowest BCUT2D eigenvalue weighted by molar-refractivity contribution is 0.0485. The van der Waals surface area contributed by atoms with E-state index in [0.29, 0.717) is 17.1 Å². The van der Waals surface area contributed by atoms with Crippen molar-refractivity contribution in [3.8, 4) is 11.3 Å². The molecule has 1 N–H and O–H groups in total. The largest absolute Gasteiger partial charge is 0.460 e. The normalized spacial score (nSPS) is 28.2. The first-order chi connectivity index (χ1) is 11.6. The zero-order valence-electron chi connectivity index (χ0n) is 13.9. The lowest BCUT2D eigenvalue weighted by atomic mass is 10.1. The highest BCUT2D eigenvalue weighted by atomic mass is 35.5. The van der Waals surface area contributed by atoms with E-state index in [0.717, 1.165) is 49.7 Å². The van der Waals surface area contributed by atoms with Crippen LogP contribution in [-0.2, 0) is 6.54 Å². The summed E-state index contributed by atoms with van der Waals surface area (Å²) in [4.78, 5) is 4.87. The highest BCUT2D eigenvalue weighted by Gasteiger charge is 2.38. The van der Waals surface area contributed by atoms with Crippen LogP contribution in [-0.4, -0.2) is 52.7 Å². The molecule has 1 unspecified atom stereocenters. The number of benzene rings is 1. The molecule has 2 saturated heterocycles. The van der Waals surface area contributed by atoms with Gasteiger partial charge in [-0.25, -0.2) is 0 Å². The van der Waals surface area contributed by atoms with Gasteiger partial charge in [-0.2, -0.15) is 0 Å². The highest BCUT2D eigenvalue weighted by Crippen LogP contribution is 2.31. The number of hydrogen-bond donors (Lipinski definition) is 1. The molecule has 3 atom stereocenters. The van der Waals surface area contributed by atoms with Crippen LogP contribution in [0.15, 0.2) is 40.8 Å². The van der Waals surface area contributed by atoms with Crippen molar-refractivity contribution in [3.63, 3.8) is 0 Å². The molecule has 1 aromatic carbocycles. The predicted molar refractivity (Wildman–Crippen MR) is 95.0 cm³/mol. The van der Waals surface area contributed by atoms with Crippen LogP contribution in [0.25, 0.3) is 11.3 Å². The zero-order valence-corrected chi connectivity index (χ0v) is 14.6. The van der Waals surface area contributed by atoms with Gasteiger partial charge in [0.15, 0.2) is 0 Å². The lowest BCUT2D eigenvalue weighted by Gasteiger charge is -2.41. The fourth-order valence-electron chi connectivity index (χ4n) is 3.97. The molecule has 24 heavy (non-hydrogen) atoms. The average molecular weight is 347 g/mol. The van der Waals surface area contributed by atoms with Crippen LogP contribution in [0.3, 0.4) is 0 Å². The summed E-state index contributed by atoms with van der Waals surface area (Å²) < 4.78 is 6.04. The van der Waals surface area contributed by atoms with Gasteiger partial charge in [-0.3, -0.25) is 9.80 Å². The Balaban J connectivity index is 1.47. The van der Waals surface area contributed by atoms with Gasteiger partial charge in [-0.15, -0.1) is 0 Å². The molecule has 5 heteroatoms. The molecule has 2 aliphatic heterocycles. The second-order valence-corrected chi connectivity index (χ2v) is 7.43. The Morgan fingerprint density at radius 2 is 2.00 bits per heavy atom. The minimum absolute atomic E-state index is 0.169. The summed E-state index contributed by atoms with van der Waals surface area (Å²) in [7, 11) is 0. The number of halogens is 1. The summed E-state index contributed by atoms with van der Waals surface area (Å²) in [5, 5.41) is 10.6. The molecule has 0 aliphatic carbocycles. The maximum Gasteiger partial charge on any atom is 0.135 e. The molecule has 2 aromatic rings. The fraction of sp³-hybridized carbons (Fsp3) is 0.474. The third-order valence-electron chi connectivity index (χ3n) is 5.23. The lowest BCUT2D eigenvalue weighted by Crippen LogP contribution is -2.54. The summed E-state index contributed by atoms with van der Waals surface area (Å²) in [6, 6.07) is 12.7. The van der Waals surface area contributed by atoms with E-state index in [9.17, 15) is 5.11 Å². The Bertz CT molecular complexity index is 717. The number of fused-ring (bicyclic) bond motifs is 1. The van der Waals surface area contributed by atoms with Crippen molar-refractivity contribution in [3.05, 3.63) is 47.2 Å². The number of hydrogen-bond acceptors (Lipinski definition) is 4. The first kappa shape index (κ1) is 16.2. The Morgan fingerprint density at radius 3 is 2.83 bits per heavy atom. The van der Waals surface area contributed by atoms with Crippen LogP contribution in [0.4, 0.5) is 0 Å². The first-order valence-corrected chi connectivity index (χ1v) is 8.97. The van der Waals surface area contributed by atoms with Gasteiger partial charge in [-0.05, 0) is 37.6 Å². The summed E-state index contributed by atoms with van der Waals surface area (Å²) >= 11 is 6.26. The maximum absolute atomic E-state index is 9.89. The summed E-state index contributed by atoms with van der Waals surface area (Å²) in [5.41, 5.74) is 0.933. The van der Waals surface area contributed by atoms with Crippen molar-refractivity contribution in [1.82, 2.24) is 9.80 Å². The van der Waals surface area contributed by atoms with Gasteiger partial charge < -0.3 is 9.52 Å². The van der Waals surface area contributed by atoms with E-state index >= 15 is 0 Å². The molecular weight excluding hydrogens is 324 g/mol. The van der Waals surface area contributed by atoms with E-state index in [-0.39, 0.29) is 6.10 Å². The van der Waals surface area contributed by atoms with E-state index < -0.39 is 0 Å². The van der Waals surface area contributed by atoms with Gasteiger partial charge in [0, 0.05) is 37.3 Å². The molecule has 2 aliphatic rings. The summed E-state index contributed by atoms with van der Waals surface area (Å²) in [6.07, 6.45) is 0.712. The van der Waals surface area contributed by atoms with E-state index in [4.69, 9.17) is 16.0 Å². The topological polar surface area (TPSA) is 39.9 Å². The molecule has 2 fully saturated rings. The fourth-order valence-corrected chi connectivity index (χ4v) is 4.19. The number of rotatable bonds is 3. The van der Waals surface area contributed by atoms with Crippen molar-refractivity contribution in [1.29, 1.82) is 0 Å². The van der Waals surface area contributed by atoms with E-state index in [1.165, 1.54) is 0 Å². The second kappa shape index (κ2) is 6.52. The van der Waals surface area contributed by atoms with E-state index in [1.54, 1.807) is 0 Å². The molecule has 0 bridgehead atoms. The van der Waals surface area contributed by atoms with Crippen LogP contribution < -0.4 is 0 Å². The maximum atomic E-state index is 9.89. The third-order valence-corrected chi connectivity index (χ3v) is 5.56. The molecule has 0 amide bonds. The monoisotopic (exact) mass is 346 g/mol. The molecule has 0 saturated carbocycles. The minimum Gasteiger partial charge on any atom is -0.460 e. The zero-order chi connectivity index (χ0) is 16.7. The van der Waals surface area contributed by atoms with Crippen LogP contribution in [0.5, 0.6) is 0 Å². The van der Waals surface area contributed by atoms with E-state index in [2.05, 4.69) is 16.7 Å². The van der Waals surface area contributed by atoms with Gasteiger partial charge in [0.25, 0.3) is 0 Å². The second-order valence-electron chi connectivity index (χ2n) is 7.02. The number of piperazine rings is 1. The molecule has 1 aromatic heterocycles. The van der Waals surface area contributed by atoms with Gasteiger partial charge in [0.1, 0.15) is 11.5 Å². The molecule has 3 heterocycles. The Hall–Kier alpha value is -1.33. The van der Waals surface area contributed by atoms with Crippen molar-refractivity contribution in [2.24, 2.45) is 0 Å². The molecule has 0 spiro atoms. The Kier molecular flexibility index (Phi) is 4.39. The minimum atomic E-state index is -0.169. The van der Waals surface area contributed by atoms with Crippen molar-refractivity contribution >= 4 is 11.6 Å². The van der Waals surface area contributed by atoms with Crippen LogP contribution in [0, 0.1) is 0 Å². The number of aliphatic hydroxyl groups is 1. The molecule has 4 rings (SSSR count). The molecule has 4 nitrogen and oxygen atoms in total. The van der Waals surface area contributed by atoms with Gasteiger partial charge >= 0.3 is 0 Å². The highest BCUT2D eigenvalue weighted by molar-refractivity contribution is 6.33. The first-order valence-electron chi connectivity index (χ1n) is 8.60. The van der Waals surface area contributed by atoms with Crippen LogP contribution in [0.2, 0.25) is 5.02 Å². The smallest absolute Gasteiger partial charge is 0.135 e. The van der Waals surface area contributed by atoms with Crippen LogP contribution >= 0.6 is 11.6 Å². The van der Waals surface area contributed by atoms with Gasteiger partial charge in [0.05, 0.1) is 17.7 Å². The SMILES string of the molecule is C[C@H]1CN2C[C@H](O)CC2CN1Cc1ccc(-c2ccccc2Cl)o1. The summed E-state index contributed by atoms with van der Waals surface area (Å²) in [5.74, 6) is 1.78. The average Bonchev–Trinajstić information content (AvgIpc) is 3.14. The number of aliphatic hydroxyl groups excluding tert-OH is 1. The molecule has 128 valence electrons. The third kappa shape index (κ3) is 3.11. The van der Waals surface area contributed by atoms with Crippen molar-refractivity contribution in [2.75, 3.05) is 19.6 Å². The Labute approximate surface area is 147 Å². The number of furan rings is 1. The van der Waals surface area contributed by atoms with Gasteiger partial charge in [0.2, 0.25) is 0 Å². The standard InChI is InChI=1S/C19H23ClN2O2/c1-13-9-22-11-15(23)8-14(22)10-21(13)12-16-6-7-19(24-16)17-4-2-3-5-18(17)20/h2-7,13-15,23H,8-12H2,1H3/t13-,14?,15+/m0/s1. The van der Waals surface area contributed by atoms with Gasteiger partial charge in [-0.1, -0.05) is 23.7 Å². The van der Waals surface area contributed by atoms with E-state index in [1.807, 2.05) is 36.4 Å². The Morgan fingerprint density at radius 1 is 1.17 bits per heavy atom. The summed E-state index contributed by atoms with van der Waals surface area (Å²) in [6.45, 7) is 5.87. The van der Waals surface area contributed by atoms with Crippen molar-refractivity contribution in [2.45, 2.75) is 38.1 Å². The van der Waals surface area contributed by atoms with Crippen LogP contribution in [0.1, 0.15) is 19.1 Å². The quantitative estimate of drug-likeness (QED) is 0.926. The number of nitrogens with zero attached hydrogens (tertiary/aromatic N) is 2.